The van der Waals surface area contributed by atoms with E-state index in [0.717, 1.165) is 37.8 Å². The van der Waals surface area contributed by atoms with Crippen LogP contribution < -0.4 is 10.2 Å². The van der Waals surface area contributed by atoms with Crippen LogP contribution in [0.3, 0.4) is 0 Å². The highest BCUT2D eigenvalue weighted by molar-refractivity contribution is 5.49. The molecular weight excluding hydrogens is 248 g/mol. The van der Waals surface area contributed by atoms with E-state index in [9.17, 15) is 0 Å². The SMILES string of the molecule is CCCNc1ncc(C)c(N2CCC(C)(CC)CC2)n1. The van der Waals surface area contributed by atoms with Crippen molar-refractivity contribution in [3.05, 3.63) is 11.8 Å². The molecule has 1 saturated heterocycles. The topological polar surface area (TPSA) is 41.1 Å². The Kier molecular flexibility index (Phi) is 4.84. The lowest BCUT2D eigenvalue weighted by Gasteiger charge is -2.39. The second-order valence-corrected chi connectivity index (χ2v) is 6.28. The predicted molar refractivity (Wildman–Crippen MR) is 85.4 cm³/mol. The Morgan fingerprint density at radius 3 is 2.60 bits per heavy atom. The van der Waals surface area contributed by atoms with Crippen LogP contribution in [0.25, 0.3) is 0 Å². The second kappa shape index (κ2) is 6.42. The minimum absolute atomic E-state index is 0.515. The number of rotatable bonds is 5. The first kappa shape index (κ1) is 15.1. The van der Waals surface area contributed by atoms with E-state index in [1.807, 2.05) is 6.20 Å². The molecule has 0 amide bonds. The van der Waals surface area contributed by atoms with Crippen molar-refractivity contribution in [3.8, 4) is 0 Å². The number of hydrogen-bond donors (Lipinski definition) is 1. The van der Waals surface area contributed by atoms with E-state index >= 15 is 0 Å². The lowest BCUT2D eigenvalue weighted by atomic mass is 9.78. The van der Waals surface area contributed by atoms with Gasteiger partial charge in [0, 0.05) is 31.4 Å². The number of hydrogen-bond acceptors (Lipinski definition) is 4. The average Bonchev–Trinajstić information content (AvgIpc) is 2.47. The first-order chi connectivity index (χ1) is 9.58. The van der Waals surface area contributed by atoms with Gasteiger partial charge in [-0.15, -0.1) is 0 Å². The minimum Gasteiger partial charge on any atom is -0.356 e. The summed E-state index contributed by atoms with van der Waals surface area (Å²) in [5, 5.41) is 3.28. The summed E-state index contributed by atoms with van der Waals surface area (Å²) in [4.78, 5) is 11.5. The molecule has 112 valence electrons. The fraction of sp³-hybridized carbons (Fsp3) is 0.750. The molecule has 2 heterocycles. The molecule has 1 aromatic rings. The summed E-state index contributed by atoms with van der Waals surface area (Å²) in [5.74, 6) is 1.87. The second-order valence-electron chi connectivity index (χ2n) is 6.28. The number of aryl methyl sites for hydroxylation is 1. The number of nitrogens with zero attached hydrogens (tertiary/aromatic N) is 3. The molecule has 1 fully saturated rings. The third kappa shape index (κ3) is 3.41. The maximum atomic E-state index is 4.71. The van der Waals surface area contributed by atoms with Gasteiger partial charge < -0.3 is 10.2 Å². The van der Waals surface area contributed by atoms with Gasteiger partial charge in [0.25, 0.3) is 0 Å². The smallest absolute Gasteiger partial charge is 0.224 e. The highest BCUT2D eigenvalue weighted by Gasteiger charge is 2.29. The molecule has 0 saturated carbocycles. The molecule has 1 N–H and O–H groups in total. The molecule has 1 aliphatic rings. The molecule has 0 unspecified atom stereocenters. The van der Waals surface area contributed by atoms with Crippen molar-refractivity contribution in [2.24, 2.45) is 5.41 Å². The van der Waals surface area contributed by atoms with E-state index < -0.39 is 0 Å². The van der Waals surface area contributed by atoms with Crippen molar-refractivity contribution in [1.82, 2.24) is 9.97 Å². The van der Waals surface area contributed by atoms with Crippen LogP contribution in [0.5, 0.6) is 0 Å². The summed E-state index contributed by atoms with van der Waals surface area (Å²) in [6, 6.07) is 0. The third-order valence-corrected chi connectivity index (χ3v) is 4.60. The van der Waals surface area contributed by atoms with Gasteiger partial charge in [0.05, 0.1) is 0 Å². The maximum absolute atomic E-state index is 4.71. The van der Waals surface area contributed by atoms with E-state index in [0.29, 0.717) is 5.41 Å². The van der Waals surface area contributed by atoms with Gasteiger partial charge in [-0.2, -0.15) is 4.98 Å². The van der Waals surface area contributed by atoms with E-state index in [4.69, 9.17) is 4.98 Å². The van der Waals surface area contributed by atoms with Crippen LogP contribution in [0.4, 0.5) is 11.8 Å². The fourth-order valence-electron chi connectivity index (χ4n) is 2.69. The highest BCUT2D eigenvalue weighted by atomic mass is 15.2. The standard InChI is InChI=1S/C16H28N4/c1-5-9-17-15-18-12-13(3)14(19-15)20-10-7-16(4,6-2)8-11-20/h12H,5-11H2,1-4H3,(H,17,18,19). The van der Waals surface area contributed by atoms with Crippen LogP contribution in [-0.4, -0.2) is 29.6 Å². The van der Waals surface area contributed by atoms with E-state index in [1.165, 1.54) is 24.8 Å². The zero-order valence-electron chi connectivity index (χ0n) is 13.4. The van der Waals surface area contributed by atoms with Crippen molar-refractivity contribution < 1.29 is 0 Å². The van der Waals surface area contributed by atoms with Gasteiger partial charge in [-0.05, 0) is 31.6 Å². The zero-order valence-corrected chi connectivity index (χ0v) is 13.4. The van der Waals surface area contributed by atoms with Gasteiger partial charge >= 0.3 is 0 Å². The Hall–Kier alpha value is -1.32. The molecule has 0 aromatic carbocycles. The van der Waals surface area contributed by atoms with Gasteiger partial charge in [0.15, 0.2) is 0 Å². The molecule has 4 nitrogen and oxygen atoms in total. The molecule has 0 spiro atoms. The monoisotopic (exact) mass is 276 g/mol. The van der Waals surface area contributed by atoms with Crippen molar-refractivity contribution in [2.45, 2.75) is 53.4 Å². The molecule has 0 atom stereocenters. The Morgan fingerprint density at radius 1 is 1.30 bits per heavy atom. The van der Waals surface area contributed by atoms with Crippen molar-refractivity contribution in [1.29, 1.82) is 0 Å². The molecule has 0 aliphatic carbocycles. The van der Waals surface area contributed by atoms with Gasteiger partial charge in [0.1, 0.15) is 5.82 Å². The fourth-order valence-corrected chi connectivity index (χ4v) is 2.69. The number of nitrogens with one attached hydrogen (secondary N) is 1. The van der Waals surface area contributed by atoms with Gasteiger partial charge in [-0.1, -0.05) is 27.2 Å². The van der Waals surface area contributed by atoms with Crippen LogP contribution in [0.1, 0.15) is 52.0 Å². The Morgan fingerprint density at radius 2 is 2.00 bits per heavy atom. The van der Waals surface area contributed by atoms with Gasteiger partial charge in [-0.3, -0.25) is 0 Å². The Labute approximate surface area is 123 Å². The van der Waals surface area contributed by atoms with Crippen LogP contribution in [-0.2, 0) is 0 Å². The van der Waals surface area contributed by atoms with Crippen LogP contribution in [0, 0.1) is 12.3 Å². The quantitative estimate of drug-likeness (QED) is 0.891. The van der Waals surface area contributed by atoms with E-state index in [2.05, 4.69) is 42.9 Å². The normalized spacial score (nSPS) is 18.1. The van der Waals surface area contributed by atoms with Gasteiger partial charge in [0.2, 0.25) is 5.95 Å². The predicted octanol–water partition coefficient (Wildman–Crippen LogP) is 3.62. The summed E-state index contributed by atoms with van der Waals surface area (Å²) in [7, 11) is 0. The molecule has 0 radical (unpaired) electrons. The number of anilines is 2. The summed E-state index contributed by atoms with van der Waals surface area (Å²) < 4.78 is 0. The maximum Gasteiger partial charge on any atom is 0.224 e. The highest BCUT2D eigenvalue weighted by Crippen LogP contribution is 2.35. The van der Waals surface area contributed by atoms with E-state index in [1.54, 1.807) is 0 Å². The largest absolute Gasteiger partial charge is 0.356 e. The third-order valence-electron chi connectivity index (χ3n) is 4.60. The first-order valence-corrected chi connectivity index (χ1v) is 7.90. The Bertz CT molecular complexity index is 436. The average molecular weight is 276 g/mol. The molecule has 0 bridgehead atoms. The van der Waals surface area contributed by atoms with Gasteiger partial charge in [-0.25, -0.2) is 4.98 Å². The summed E-state index contributed by atoms with van der Waals surface area (Å²) in [6.45, 7) is 12.1. The summed E-state index contributed by atoms with van der Waals surface area (Å²) in [6.07, 6.45) is 6.81. The summed E-state index contributed by atoms with van der Waals surface area (Å²) >= 11 is 0. The van der Waals surface area contributed by atoms with Crippen LogP contribution in [0.2, 0.25) is 0 Å². The lowest BCUT2D eigenvalue weighted by Crippen LogP contribution is -2.39. The molecular formula is C16H28N4. The zero-order chi connectivity index (χ0) is 14.6. The molecule has 20 heavy (non-hydrogen) atoms. The molecule has 1 aliphatic heterocycles. The molecule has 4 heteroatoms. The molecule has 2 rings (SSSR count). The van der Waals surface area contributed by atoms with Crippen molar-refractivity contribution in [3.63, 3.8) is 0 Å². The van der Waals surface area contributed by atoms with Crippen molar-refractivity contribution in [2.75, 3.05) is 29.9 Å². The number of piperidine rings is 1. The molecule has 1 aromatic heterocycles. The first-order valence-electron chi connectivity index (χ1n) is 7.90. The summed E-state index contributed by atoms with van der Waals surface area (Å²) in [5.41, 5.74) is 1.69. The van der Waals surface area contributed by atoms with E-state index in [-0.39, 0.29) is 0 Å². The minimum atomic E-state index is 0.515. The van der Waals surface area contributed by atoms with Crippen LogP contribution in [0.15, 0.2) is 6.20 Å². The lowest BCUT2D eigenvalue weighted by molar-refractivity contribution is 0.237. The van der Waals surface area contributed by atoms with Crippen LogP contribution >= 0.6 is 0 Å². The Balaban J connectivity index is 2.08. The number of aromatic nitrogens is 2. The van der Waals surface area contributed by atoms with Crippen molar-refractivity contribution >= 4 is 11.8 Å².